The van der Waals surface area contributed by atoms with E-state index in [2.05, 4.69) is 31.0 Å². The van der Waals surface area contributed by atoms with Gasteiger partial charge in [-0.3, -0.25) is 4.48 Å². The topological polar surface area (TPSA) is 32.6 Å². The largest absolute Gasteiger partial charge is 0.345 e. The first-order chi connectivity index (χ1) is 14.7. The van der Waals surface area contributed by atoms with Gasteiger partial charge in [-0.15, -0.1) is 0 Å². The lowest BCUT2D eigenvalue weighted by atomic mass is 10.0. The maximum Gasteiger partial charge on any atom is 0.189 e. The zero-order valence-corrected chi connectivity index (χ0v) is 20.7. The molecule has 1 N–H and O–H groups in total. The highest BCUT2D eigenvalue weighted by Crippen LogP contribution is 2.26. The lowest BCUT2D eigenvalue weighted by molar-refractivity contribution is -0.976. The molecule has 0 saturated carbocycles. The van der Waals surface area contributed by atoms with Gasteiger partial charge in [-0.2, -0.15) is 0 Å². The average Bonchev–Trinajstić information content (AvgIpc) is 3.17. The Kier molecular flexibility index (Phi) is 16.4. The number of unbranched alkanes of at least 4 members (excludes halogenated alkanes) is 14. The molecule has 3 atom stereocenters. The van der Waals surface area contributed by atoms with E-state index in [-0.39, 0.29) is 12.4 Å². The molecule has 30 heavy (non-hydrogen) atoms. The van der Waals surface area contributed by atoms with Gasteiger partial charge in [-0.25, -0.2) is 4.99 Å². The van der Waals surface area contributed by atoms with Crippen molar-refractivity contribution >= 4 is 6.21 Å². The molecule has 0 saturated heterocycles. The summed E-state index contributed by atoms with van der Waals surface area (Å²) in [6.07, 6.45) is 29.8. The third-order valence-corrected chi connectivity index (χ3v) is 7.10. The van der Waals surface area contributed by atoms with Crippen molar-refractivity contribution in [1.82, 2.24) is 0 Å². The number of nitrogens with zero attached hydrogens (tertiary/aromatic N) is 2. The summed E-state index contributed by atoms with van der Waals surface area (Å²) >= 11 is 0. The highest BCUT2D eigenvalue weighted by Gasteiger charge is 2.41. The quantitative estimate of drug-likeness (QED) is 0.121. The Balaban J connectivity index is 1.88. The van der Waals surface area contributed by atoms with Gasteiger partial charge in [0.2, 0.25) is 0 Å². The molecule has 0 bridgehead atoms. The molecule has 1 aliphatic rings. The summed E-state index contributed by atoms with van der Waals surface area (Å²) < 4.78 is 0.731. The summed E-state index contributed by atoms with van der Waals surface area (Å²) in [5, 5.41) is 10.2. The maximum atomic E-state index is 10.2. The number of quaternary nitrogens is 1. The molecule has 1 aliphatic heterocycles. The van der Waals surface area contributed by atoms with Gasteiger partial charge in [-0.05, 0) is 39.0 Å². The van der Waals surface area contributed by atoms with Gasteiger partial charge in [0.1, 0.15) is 6.54 Å². The second-order valence-electron chi connectivity index (χ2n) is 9.48. The van der Waals surface area contributed by atoms with E-state index in [4.69, 9.17) is 0 Å². The molecule has 0 amide bonds. The molecule has 3 heteroatoms. The molecule has 0 aromatic rings. The molecule has 0 radical (unpaired) electrons. The average molecular weight is 422 g/mol. The SMILES string of the molecule is CCCCCCCCCCCCCC/C=C/CCCCC1N=CC[N+]1(CC)C(C)O. The predicted octanol–water partition coefficient (Wildman–Crippen LogP) is 7.78. The maximum absolute atomic E-state index is 10.2. The van der Waals surface area contributed by atoms with E-state index in [0.29, 0.717) is 0 Å². The summed E-state index contributed by atoms with van der Waals surface area (Å²) in [6, 6.07) is 0. The molecule has 1 rings (SSSR count). The Bertz CT molecular complexity index is 446. The van der Waals surface area contributed by atoms with Crippen LogP contribution in [0.4, 0.5) is 0 Å². The first-order valence-electron chi connectivity index (χ1n) is 13.4. The second-order valence-corrected chi connectivity index (χ2v) is 9.48. The van der Waals surface area contributed by atoms with Gasteiger partial charge in [-0.1, -0.05) is 89.7 Å². The van der Waals surface area contributed by atoms with Crippen LogP contribution in [0.15, 0.2) is 17.1 Å². The smallest absolute Gasteiger partial charge is 0.189 e. The Morgan fingerprint density at radius 3 is 1.83 bits per heavy atom. The standard InChI is InChI=1S/C27H53N2O/c1-4-6-7-8-9-10-11-12-13-14-15-16-17-18-19-20-21-22-23-27-28-24-25-29(27,5-2)26(3)30/h18-19,24,26-27,30H,4-17,20-23,25H2,1-3H3/q+1/b19-18+. The Labute approximate surface area is 188 Å². The minimum Gasteiger partial charge on any atom is -0.345 e. The highest BCUT2D eigenvalue weighted by molar-refractivity contribution is 5.60. The summed E-state index contributed by atoms with van der Waals surface area (Å²) in [6.45, 7) is 8.23. The number of rotatable bonds is 20. The molecule has 0 spiro atoms. The van der Waals surface area contributed by atoms with E-state index in [9.17, 15) is 5.11 Å². The van der Waals surface area contributed by atoms with Gasteiger partial charge < -0.3 is 5.11 Å². The van der Waals surface area contributed by atoms with Crippen molar-refractivity contribution in [3.8, 4) is 0 Å². The number of aliphatic hydroxyl groups excluding tert-OH is 1. The summed E-state index contributed by atoms with van der Waals surface area (Å²) in [5.41, 5.74) is 0. The number of hydrogen-bond donors (Lipinski definition) is 1. The Morgan fingerprint density at radius 1 is 0.833 bits per heavy atom. The molecule has 1 heterocycles. The molecule has 0 aromatic carbocycles. The van der Waals surface area contributed by atoms with Crippen LogP contribution < -0.4 is 0 Å². The van der Waals surface area contributed by atoms with Crippen molar-refractivity contribution in [1.29, 1.82) is 0 Å². The number of aliphatic hydroxyl groups is 1. The van der Waals surface area contributed by atoms with E-state index in [1.807, 2.05) is 13.1 Å². The van der Waals surface area contributed by atoms with E-state index in [1.54, 1.807) is 0 Å². The van der Waals surface area contributed by atoms with E-state index >= 15 is 0 Å². The van der Waals surface area contributed by atoms with Gasteiger partial charge >= 0.3 is 0 Å². The molecule has 0 fully saturated rings. The fraction of sp³-hybridized carbons (Fsp3) is 0.889. The minimum absolute atomic E-state index is 0.264. The third-order valence-electron chi connectivity index (χ3n) is 7.10. The zero-order chi connectivity index (χ0) is 21.9. The summed E-state index contributed by atoms with van der Waals surface area (Å²) in [5.74, 6) is 0. The van der Waals surface area contributed by atoms with Crippen LogP contribution in [0.25, 0.3) is 0 Å². The van der Waals surface area contributed by atoms with Crippen LogP contribution in [0.3, 0.4) is 0 Å². The number of hydrogen-bond acceptors (Lipinski definition) is 2. The van der Waals surface area contributed by atoms with E-state index < -0.39 is 0 Å². The van der Waals surface area contributed by atoms with Crippen LogP contribution >= 0.6 is 0 Å². The molecule has 0 aliphatic carbocycles. The second kappa shape index (κ2) is 18.0. The van der Waals surface area contributed by atoms with Crippen molar-refractivity contribution in [3.05, 3.63) is 12.2 Å². The molecular formula is C27H53N2O+. The van der Waals surface area contributed by atoms with E-state index in [0.717, 1.165) is 24.0 Å². The molecular weight excluding hydrogens is 368 g/mol. The van der Waals surface area contributed by atoms with Crippen molar-refractivity contribution in [2.24, 2.45) is 4.99 Å². The molecule has 0 aromatic heterocycles. The minimum atomic E-state index is -0.321. The normalized spacial score (nSPS) is 22.3. The van der Waals surface area contributed by atoms with Crippen LogP contribution in [0.5, 0.6) is 0 Å². The monoisotopic (exact) mass is 421 g/mol. The van der Waals surface area contributed by atoms with Crippen LogP contribution in [-0.2, 0) is 0 Å². The fourth-order valence-electron chi connectivity index (χ4n) is 4.84. The Hall–Kier alpha value is -0.670. The summed E-state index contributed by atoms with van der Waals surface area (Å²) in [7, 11) is 0. The van der Waals surface area contributed by atoms with Gasteiger partial charge in [0.25, 0.3) is 0 Å². The number of aliphatic imine (C=N–C) groups is 1. The Morgan fingerprint density at radius 2 is 1.33 bits per heavy atom. The van der Waals surface area contributed by atoms with Crippen LogP contribution in [0, 0.1) is 0 Å². The van der Waals surface area contributed by atoms with Crippen molar-refractivity contribution < 1.29 is 9.59 Å². The molecule has 176 valence electrons. The van der Waals surface area contributed by atoms with E-state index in [1.165, 1.54) is 103 Å². The molecule has 3 unspecified atom stereocenters. The fourth-order valence-corrected chi connectivity index (χ4v) is 4.84. The highest BCUT2D eigenvalue weighted by atomic mass is 16.3. The van der Waals surface area contributed by atoms with Crippen molar-refractivity contribution in [3.63, 3.8) is 0 Å². The number of allylic oxidation sites excluding steroid dienone is 2. The van der Waals surface area contributed by atoms with Gasteiger partial charge in [0.15, 0.2) is 12.4 Å². The predicted molar refractivity (Wildman–Crippen MR) is 133 cm³/mol. The zero-order valence-electron chi connectivity index (χ0n) is 20.7. The third kappa shape index (κ3) is 11.1. The van der Waals surface area contributed by atoms with Gasteiger partial charge in [0.05, 0.1) is 12.8 Å². The lowest BCUT2D eigenvalue weighted by Crippen LogP contribution is -2.57. The van der Waals surface area contributed by atoms with Crippen LogP contribution in [0.1, 0.15) is 130 Å². The van der Waals surface area contributed by atoms with Crippen LogP contribution in [-0.4, -0.2) is 41.3 Å². The van der Waals surface area contributed by atoms with Crippen molar-refractivity contribution in [2.75, 3.05) is 13.1 Å². The first-order valence-corrected chi connectivity index (χ1v) is 13.4. The molecule has 3 nitrogen and oxygen atoms in total. The van der Waals surface area contributed by atoms with Gasteiger partial charge in [0, 0.05) is 13.3 Å². The summed E-state index contributed by atoms with van der Waals surface area (Å²) in [4.78, 5) is 4.66. The lowest BCUT2D eigenvalue weighted by Gasteiger charge is -2.40. The first kappa shape index (κ1) is 27.4. The van der Waals surface area contributed by atoms with Crippen LogP contribution in [0.2, 0.25) is 0 Å². The van der Waals surface area contributed by atoms with Crippen molar-refractivity contribution in [2.45, 2.75) is 142 Å².